The molecule has 0 spiro atoms. The van der Waals surface area contributed by atoms with E-state index in [1.807, 2.05) is 18.4 Å². The molecule has 1 saturated heterocycles. The largest absolute Gasteiger partial charge is 0.496 e. The van der Waals surface area contributed by atoms with Crippen molar-refractivity contribution >= 4 is 17.7 Å². The van der Waals surface area contributed by atoms with Gasteiger partial charge in [-0.25, -0.2) is 0 Å². The van der Waals surface area contributed by atoms with Crippen molar-refractivity contribution in [1.82, 2.24) is 4.90 Å². The molecule has 1 aromatic carbocycles. The lowest BCUT2D eigenvalue weighted by molar-refractivity contribution is -0.140. The van der Waals surface area contributed by atoms with Gasteiger partial charge < -0.3 is 19.3 Å². The Morgan fingerprint density at radius 2 is 2.13 bits per heavy atom. The van der Waals surface area contributed by atoms with Crippen LogP contribution in [0.5, 0.6) is 11.5 Å². The fraction of sp³-hybridized carbons (Fsp3) is 0.562. The highest BCUT2D eigenvalue weighted by atomic mass is 32.2. The van der Waals surface area contributed by atoms with Crippen LogP contribution in [0.25, 0.3) is 0 Å². The molecule has 1 aliphatic rings. The number of carboxylic acids is 1. The Kier molecular flexibility index (Phi) is 6.56. The predicted molar refractivity (Wildman–Crippen MR) is 88.6 cm³/mol. The quantitative estimate of drug-likeness (QED) is 0.762. The van der Waals surface area contributed by atoms with E-state index < -0.39 is 5.97 Å². The number of ether oxygens (including phenoxy) is 3. The molecule has 0 aliphatic carbocycles. The van der Waals surface area contributed by atoms with Crippen molar-refractivity contribution in [1.29, 1.82) is 0 Å². The van der Waals surface area contributed by atoms with E-state index in [1.54, 1.807) is 26.0 Å². The van der Waals surface area contributed by atoms with Crippen LogP contribution in [0, 0.1) is 0 Å². The van der Waals surface area contributed by atoms with Crippen molar-refractivity contribution in [3.05, 3.63) is 17.7 Å². The zero-order valence-corrected chi connectivity index (χ0v) is 14.5. The molecule has 7 heteroatoms. The van der Waals surface area contributed by atoms with Crippen LogP contribution in [0.15, 0.2) is 17.0 Å². The molecule has 2 rings (SSSR count). The molecule has 0 radical (unpaired) electrons. The number of thioether (sulfide) groups is 1. The van der Waals surface area contributed by atoms with Gasteiger partial charge in [-0.05, 0) is 18.4 Å². The summed E-state index contributed by atoms with van der Waals surface area (Å²) in [5.74, 6) is 0.778. The second-order valence-corrected chi connectivity index (χ2v) is 6.16. The highest BCUT2D eigenvalue weighted by Gasteiger charge is 2.26. The van der Waals surface area contributed by atoms with Crippen molar-refractivity contribution in [2.45, 2.75) is 23.9 Å². The minimum Gasteiger partial charge on any atom is -0.496 e. The molecule has 1 heterocycles. The van der Waals surface area contributed by atoms with Gasteiger partial charge in [-0.1, -0.05) is 0 Å². The maximum atomic E-state index is 11.0. The lowest BCUT2D eigenvalue weighted by atomic mass is 10.1. The Labute approximate surface area is 140 Å². The predicted octanol–water partition coefficient (Wildman–Crippen LogP) is 2.10. The third kappa shape index (κ3) is 4.53. The summed E-state index contributed by atoms with van der Waals surface area (Å²) in [7, 11) is 3.29. The van der Waals surface area contributed by atoms with Gasteiger partial charge in [0.1, 0.15) is 11.5 Å². The van der Waals surface area contributed by atoms with Crippen molar-refractivity contribution in [2.75, 3.05) is 40.2 Å². The summed E-state index contributed by atoms with van der Waals surface area (Å²) < 4.78 is 16.4. The topological polar surface area (TPSA) is 68.2 Å². The number of rotatable bonds is 7. The van der Waals surface area contributed by atoms with Crippen LogP contribution in [0.3, 0.4) is 0 Å². The summed E-state index contributed by atoms with van der Waals surface area (Å²) in [6.45, 7) is 2.36. The molecule has 1 aliphatic heterocycles. The molecule has 23 heavy (non-hydrogen) atoms. The average molecular weight is 341 g/mol. The van der Waals surface area contributed by atoms with Crippen molar-refractivity contribution in [3.63, 3.8) is 0 Å². The van der Waals surface area contributed by atoms with E-state index in [-0.39, 0.29) is 12.5 Å². The van der Waals surface area contributed by atoms with E-state index in [4.69, 9.17) is 19.3 Å². The summed E-state index contributed by atoms with van der Waals surface area (Å²) >= 11 is 1.60. The Morgan fingerprint density at radius 3 is 2.74 bits per heavy atom. The fourth-order valence-corrected chi connectivity index (χ4v) is 3.29. The molecule has 0 aromatic heterocycles. The number of nitrogens with zero attached hydrogens (tertiary/aromatic N) is 1. The van der Waals surface area contributed by atoms with Gasteiger partial charge >= 0.3 is 5.97 Å². The molecule has 0 unspecified atom stereocenters. The van der Waals surface area contributed by atoms with Crippen LogP contribution in [0.2, 0.25) is 0 Å². The number of morpholine rings is 1. The number of hydrogen-bond acceptors (Lipinski definition) is 6. The number of carboxylic acid groups (broad SMARTS) is 1. The molecular weight excluding hydrogens is 318 g/mol. The minimum atomic E-state index is -0.812. The smallest absolute Gasteiger partial charge is 0.305 e. The molecular formula is C16H23NO5S. The number of carbonyl (C=O) groups is 1. The zero-order chi connectivity index (χ0) is 16.8. The highest BCUT2D eigenvalue weighted by molar-refractivity contribution is 7.98. The maximum absolute atomic E-state index is 11.0. The van der Waals surface area contributed by atoms with Crippen LogP contribution in [0.4, 0.5) is 0 Å². The van der Waals surface area contributed by atoms with Gasteiger partial charge in [0.05, 0.1) is 38.7 Å². The lowest BCUT2D eigenvalue weighted by Crippen LogP contribution is -2.45. The number of aliphatic carboxylic acids is 1. The first-order valence-corrected chi connectivity index (χ1v) is 8.64. The first kappa shape index (κ1) is 17.9. The third-order valence-electron chi connectivity index (χ3n) is 3.92. The third-order valence-corrected chi connectivity index (χ3v) is 4.68. The van der Waals surface area contributed by atoms with E-state index in [0.717, 1.165) is 22.0 Å². The molecule has 6 nitrogen and oxygen atoms in total. The molecule has 1 N–H and O–H groups in total. The molecule has 1 aromatic rings. The second-order valence-electron chi connectivity index (χ2n) is 5.32. The first-order valence-electron chi connectivity index (χ1n) is 7.41. The first-order chi connectivity index (χ1) is 11.1. The molecule has 0 saturated carbocycles. The normalized spacial score (nSPS) is 18.7. The summed E-state index contributed by atoms with van der Waals surface area (Å²) in [4.78, 5) is 14.2. The van der Waals surface area contributed by atoms with Crippen molar-refractivity contribution < 1.29 is 24.1 Å². The van der Waals surface area contributed by atoms with Gasteiger partial charge in [0.15, 0.2) is 0 Å². The van der Waals surface area contributed by atoms with Gasteiger partial charge in [-0.15, -0.1) is 11.8 Å². The Balaban J connectivity index is 2.24. The van der Waals surface area contributed by atoms with Crippen LogP contribution < -0.4 is 9.47 Å². The van der Waals surface area contributed by atoms with Gasteiger partial charge in [-0.3, -0.25) is 9.69 Å². The van der Waals surface area contributed by atoms with Crippen molar-refractivity contribution in [3.8, 4) is 11.5 Å². The summed E-state index contributed by atoms with van der Waals surface area (Å²) in [6.07, 6.45) is 2.06. The average Bonchev–Trinajstić information content (AvgIpc) is 2.55. The summed E-state index contributed by atoms with van der Waals surface area (Å²) in [6, 6.07) is 3.81. The van der Waals surface area contributed by atoms with Crippen LogP contribution in [-0.2, 0) is 16.1 Å². The molecule has 1 atom stereocenters. The van der Waals surface area contributed by atoms with E-state index in [0.29, 0.717) is 26.3 Å². The van der Waals surface area contributed by atoms with E-state index in [2.05, 4.69) is 4.90 Å². The molecule has 0 amide bonds. The SMILES string of the molecule is COc1cc(SC)c(OC)cc1CN1CCOC[C@H]1CC(=O)O. The van der Waals surface area contributed by atoms with Gasteiger partial charge in [-0.2, -0.15) is 0 Å². The Morgan fingerprint density at radius 1 is 1.39 bits per heavy atom. The summed E-state index contributed by atoms with van der Waals surface area (Å²) in [5.41, 5.74) is 0.986. The minimum absolute atomic E-state index is 0.0718. The van der Waals surface area contributed by atoms with E-state index >= 15 is 0 Å². The van der Waals surface area contributed by atoms with Gasteiger partial charge in [0, 0.05) is 24.7 Å². The molecule has 1 fully saturated rings. The number of methoxy groups -OCH3 is 2. The second kappa shape index (κ2) is 8.42. The number of hydrogen-bond donors (Lipinski definition) is 1. The van der Waals surface area contributed by atoms with E-state index in [9.17, 15) is 4.79 Å². The molecule has 128 valence electrons. The number of benzene rings is 1. The van der Waals surface area contributed by atoms with Crippen molar-refractivity contribution in [2.24, 2.45) is 0 Å². The van der Waals surface area contributed by atoms with Crippen LogP contribution >= 0.6 is 11.8 Å². The summed E-state index contributed by atoms with van der Waals surface area (Å²) in [5, 5.41) is 9.07. The Hall–Kier alpha value is -1.44. The Bertz CT molecular complexity index is 552. The highest BCUT2D eigenvalue weighted by Crippen LogP contribution is 2.35. The van der Waals surface area contributed by atoms with Crippen LogP contribution in [-0.4, -0.2) is 62.3 Å². The standard InChI is InChI=1S/C16H23NO5S/c1-20-13-8-15(23-3)14(21-2)6-11(13)9-17-4-5-22-10-12(17)7-16(18)19/h6,8,12H,4-5,7,9-10H2,1-3H3,(H,18,19)/t12-/m1/s1. The molecule has 0 bridgehead atoms. The zero-order valence-electron chi connectivity index (χ0n) is 13.7. The monoisotopic (exact) mass is 341 g/mol. The fourth-order valence-electron chi connectivity index (χ4n) is 2.72. The van der Waals surface area contributed by atoms with Gasteiger partial charge in [0.2, 0.25) is 0 Å². The van der Waals surface area contributed by atoms with Crippen LogP contribution in [0.1, 0.15) is 12.0 Å². The lowest BCUT2D eigenvalue weighted by Gasteiger charge is -2.35. The van der Waals surface area contributed by atoms with E-state index in [1.165, 1.54) is 0 Å². The van der Waals surface area contributed by atoms with Gasteiger partial charge in [0.25, 0.3) is 0 Å². The maximum Gasteiger partial charge on any atom is 0.305 e.